The van der Waals surface area contributed by atoms with Gasteiger partial charge < -0.3 is 21.7 Å². The molecule has 94 valence electrons. The zero-order chi connectivity index (χ0) is 13.0. The van der Waals surface area contributed by atoms with E-state index < -0.39 is 5.91 Å². The van der Waals surface area contributed by atoms with Crippen molar-refractivity contribution in [1.29, 1.82) is 0 Å². The molecule has 0 aliphatic carbocycles. The van der Waals surface area contributed by atoms with E-state index in [0.29, 0.717) is 10.0 Å². The highest BCUT2D eigenvalue weighted by Gasteiger charge is 2.16. The third-order valence-corrected chi connectivity index (χ3v) is 3.13. The molecule has 0 aliphatic heterocycles. The molecule has 2 amide bonds. The maximum absolute atomic E-state index is 11.7. The number of amides is 2. The largest absolute Gasteiger partial charge is 0.382 e. The van der Waals surface area contributed by atoms with Crippen LogP contribution in [0.5, 0.6) is 0 Å². The fourth-order valence-electron chi connectivity index (χ4n) is 1.05. The Morgan fingerprint density at radius 3 is 2.59 bits per heavy atom. The molecule has 0 unspecified atom stereocenters. The van der Waals surface area contributed by atoms with E-state index in [9.17, 15) is 9.59 Å². The van der Waals surface area contributed by atoms with E-state index in [-0.39, 0.29) is 24.7 Å². The number of carbonyl (C=O) groups is 2. The van der Waals surface area contributed by atoms with Crippen LogP contribution >= 0.6 is 11.3 Å². The van der Waals surface area contributed by atoms with Crippen molar-refractivity contribution in [1.82, 2.24) is 10.3 Å². The number of carbonyl (C=O) groups excluding carboxylic acids is 2. The summed E-state index contributed by atoms with van der Waals surface area (Å²) >= 11 is 1.20. The number of nitrogens with zero attached hydrogens (tertiary/aromatic N) is 2. The first-order valence-electron chi connectivity index (χ1n) is 4.92. The van der Waals surface area contributed by atoms with Crippen LogP contribution in [0.15, 0.2) is 0 Å². The molecule has 1 heterocycles. The molecule has 0 bridgehead atoms. The van der Waals surface area contributed by atoms with Crippen LogP contribution in [0.1, 0.15) is 16.1 Å². The van der Waals surface area contributed by atoms with Crippen LogP contribution in [0.3, 0.4) is 0 Å². The van der Waals surface area contributed by atoms with E-state index >= 15 is 0 Å². The summed E-state index contributed by atoms with van der Waals surface area (Å²) in [4.78, 5) is 28.4. The summed E-state index contributed by atoms with van der Waals surface area (Å²) < 4.78 is 0. The Hall–Kier alpha value is -1.83. The van der Waals surface area contributed by atoms with Gasteiger partial charge in [-0.25, -0.2) is 4.98 Å². The Kier molecular flexibility index (Phi) is 4.27. The van der Waals surface area contributed by atoms with Crippen LogP contribution in [0.25, 0.3) is 0 Å². The van der Waals surface area contributed by atoms with Gasteiger partial charge in [0.1, 0.15) is 10.7 Å². The number of thiazole rings is 1. The van der Waals surface area contributed by atoms with Gasteiger partial charge in [0.05, 0.1) is 0 Å². The van der Waals surface area contributed by atoms with Crippen LogP contribution in [0.2, 0.25) is 0 Å². The van der Waals surface area contributed by atoms with E-state index in [1.54, 1.807) is 4.90 Å². The molecule has 0 saturated heterocycles. The van der Waals surface area contributed by atoms with Crippen LogP contribution in [0.4, 0.5) is 10.9 Å². The minimum absolute atomic E-state index is 0.102. The lowest BCUT2D eigenvalue weighted by Gasteiger charge is -2.05. The number of aromatic nitrogens is 1. The summed E-state index contributed by atoms with van der Waals surface area (Å²) in [6, 6.07) is 0. The third-order valence-electron chi connectivity index (χ3n) is 1.89. The molecule has 8 heteroatoms. The van der Waals surface area contributed by atoms with E-state index in [0.717, 1.165) is 0 Å². The minimum atomic E-state index is -0.462. The zero-order valence-corrected chi connectivity index (χ0v) is 10.5. The maximum atomic E-state index is 11.7. The fourth-order valence-corrected chi connectivity index (χ4v) is 1.88. The number of hydrogen-bond donors (Lipinski definition) is 3. The molecular weight excluding hydrogens is 242 g/mol. The zero-order valence-electron chi connectivity index (χ0n) is 9.69. The molecule has 1 aromatic rings. The van der Waals surface area contributed by atoms with Crippen LogP contribution < -0.4 is 21.7 Å². The predicted octanol–water partition coefficient (Wildman–Crippen LogP) is -0.603. The Bertz CT molecular complexity index is 429. The summed E-state index contributed by atoms with van der Waals surface area (Å²) in [6.07, 6.45) is 0.102. The molecule has 0 aromatic carbocycles. The summed E-state index contributed by atoms with van der Waals surface area (Å²) in [7, 11) is 3.63. The summed E-state index contributed by atoms with van der Waals surface area (Å²) in [6.45, 7) is 0.197. The highest BCUT2D eigenvalue weighted by Crippen LogP contribution is 2.26. The van der Waals surface area contributed by atoms with Gasteiger partial charge in [-0.05, 0) is 0 Å². The van der Waals surface area contributed by atoms with Gasteiger partial charge in [-0.1, -0.05) is 11.3 Å². The standard InChI is InChI=1S/C9H15N5O2S/c1-14(2)9-13-7(11)6(17-9)8(16)12-4-3-5(10)15/h3-4,11H2,1-2H3,(H2,10,15)(H,12,16). The van der Waals surface area contributed by atoms with Crippen LogP contribution in [-0.4, -0.2) is 37.4 Å². The summed E-state index contributed by atoms with van der Waals surface area (Å²) in [5.41, 5.74) is 10.6. The van der Waals surface area contributed by atoms with Gasteiger partial charge in [-0.3, -0.25) is 9.59 Å². The Labute approximate surface area is 103 Å². The second-order valence-corrected chi connectivity index (χ2v) is 4.55. The van der Waals surface area contributed by atoms with Crippen molar-refractivity contribution >= 4 is 34.1 Å². The number of nitrogen functional groups attached to an aromatic ring is 1. The Balaban J connectivity index is 2.65. The highest BCUT2D eigenvalue weighted by molar-refractivity contribution is 7.18. The number of nitrogens with two attached hydrogens (primary N) is 2. The van der Waals surface area contributed by atoms with Crippen molar-refractivity contribution in [2.75, 3.05) is 31.3 Å². The quantitative estimate of drug-likeness (QED) is 0.651. The molecular formula is C9H15N5O2S. The second-order valence-electron chi connectivity index (χ2n) is 3.58. The molecule has 0 radical (unpaired) electrons. The van der Waals surface area contributed by atoms with Gasteiger partial charge in [-0.2, -0.15) is 0 Å². The molecule has 1 rings (SSSR count). The van der Waals surface area contributed by atoms with Crippen molar-refractivity contribution in [2.45, 2.75) is 6.42 Å². The monoisotopic (exact) mass is 257 g/mol. The highest BCUT2D eigenvalue weighted by atomic mass is 32.1. The van der Waals surface area contributed by atoms with Gasteiger partial charge >= 0.3 is 0 Å². The molecule has 1 aromatic heterocycles. The van der Waals surface area contributed by atoms with Gasteiger partial charge in [-0.15, -0.1) is 0 Å². The van der Waals surface area contributed by atoms with Crippen molar-refractivity contribution in [3.8, 4) is 0 Å². The number of nitrogens with one attached hydrogen (secondary N) is 1. The number of primary amides is 1. The van der Waals surface area contributed by atoms with Gasteiger partial charge in [0.25, 0.3) is 5.91 Å². The maximum Gasteiger partial charge on any atom is 0.265 e. The van der Waals surface area contributed by atoms with Crippen molar-refractivity contribution in [2.24, 2.45) is 5.73 Å². The predicted molar refractivity (Wildman–Crippen MR) is 67.0 cm³/mol. The first-order chi connectivity index (χ1) is 7.91. The molecule has 0 fully saturated rings. The number of rotatable bonds is 5. The number of hydrogen-bond acceptors (Lipinski definition) is 6. The smallest absolute Gasteiger partial charge is 0.265 e. The fraction of sp³-hybridized carbons (Fsp3) is 0.444. The third kappa shape index (κ3) is 3.59. The van der Waals surface area contributed by atoms with Crippen LogP contribution in [0, 0.1) is 0 Å². The minimum Gasteiger partial charge on any atom is -0.382 e. The van der Waals surface area contributed by atoms with Crippen molar-refractivity contribution < 1.29 is 9.59 Å². The lowest BCUT2D eigenvalue weighted by molar-refractivity contribution is -0.117. The number of anilines is 2. The van der Waals surface area contributed by atoms with E-state index in [1.807, 2.05) is 14.1 Å². The Morgan fingerprint density at radius 1 is 1.47 bits per heavy atom. The van der Waals surface area contributed by atoms with Crippen molar-refractivity contribution in [3.63, 3.8) is 0 Å². The topological polar surface area (TPSA) is 114 Å². The van der Waals surface area contributed by atoms with Gasteiger partial charge in [0.15, 0.2) is 5.13 Å². The van der Waals surface area contributed by atoms with Gasteiger partial charge in [0, 0.05) is 27.1 Å². The second kappa shape index (κ2) is 5.48. The summed E-state index contributed by atoms with van der Waals surface area (Å²) in [5.74, 6) is -0.610. The van der Waals surface area contributed by atoms with Crippen LogP contribution in [-0.2, 0) is 4.79 Å². The molecule has 7 nitrogen and oxygen atoms in total. The first kappa shape index (κ1) is 13.2. The lowest BCUT2D eigenvalue weighted by atomic mass is 10.4. The molecule has 17 heavy (non-hydrogen) atoms. The normalized spacial score (nSPS) is 10.0. The van der Waals surface area contributed by atoms with E-state index in [4.69, 9.17) is 11.5 Å². The average molecular weight is 257 g/mol. The summed E-state index contributed by atoms with van der Waals surface area (Å²) in [5, 5.41) is 3.21. The van der Waals surface area contributed by atoms with E-state index in [2.05, 4.69) is 10.3 Å². The molecule has 0 atom stereocenters. The first-order valence-corrected chi connectivity index (χ1v) is 5.73. The molecule has 0 spiro atoms. The SMILES string of the molecule is CN(C)c1nc(N)c(C(=O)NCCC(N)=O)s1. The molecule has 0 aliphatic rings. The lowest BCUT2D eigenvalue weighted by Crippen LogP contribution is -2.27. The Morgan fingerprint density at radius 2 is 2.12 bits per heavy atom. The molecule has 0 saturated carbocycles. The van der Waals surface area contributed by atoms with Crippen molar-refractivity contribution in [3.05, 3.63) is 4.88 Å². The van der Waals surface area contributed by atoms with Gasteiger partial charge in [0.2, 0.25) is 5.91 Å². The average Bonchev–Trinajstić information content (AvgIpc) is 2.59. The van der Waals surface area contributed by atoms with E-state index in [1.165, 1.54) is 11.3 Å². The molecule has 5 N–H and O–H groups in total.